The van der Waals surface area contributed by atoms with E-state index in [1.54, 1.807) is 12.1 Å². The molecule has 0 radical (unpaired) electrons. The Bertz CT molecular complexity index is 365. The Morgan fingerprint density at radius 2 is 2.27 bits per heavy atom. The van der Waals surface area contributed by atoms with Crippen molar-refractivity contribution in [1.29, 1.82) is 0 Å². The van der Waals surface area contributed by atoms with Gasteiger partial charge in [-0.2, -0.15) is 0 Å². The van der Waals surface area contributed by atoms with Gasteiger partial charge in [0.05, 0.1) is 0 Å². The molecule has 1 aliphatic heterocycles. The van der Waals surface area contributed by atoms with E-state index in [1.165, 1.54) is 0 Å². The summed E-state index contributed by atoms with van der Waals surface area (Å²) in [5, 5.41) is 9.09. The number of ether oxygens (including phenoxy) is 2. The van der Waals surface area contributed by atoms with E-state index in [4.69, 9.17) is 14.6 Å². The Labute approximate surface area is 87.4 Å². The van der Waals surface area contributed by atoms with Crippen LogP contribution in [0.2, 0.25) is 0 Å². The molecular formula is C11H13FO3. The maximum absolute atomic E-state index is 12.6. The maximum atomic E-state index is 12.6. The Morgan fingerprint density at radius 3 is 2.93 bits per heavy atom. The van der Waals surface area contributed by atoms with E-state index >= 15 is 0 Å². The van der Waals surface area contributed by atoms with Gasteiger partial charge >= 0.3 is 0 Å². The molecule has 4 heteroatoms. The lowest BCUT2D eigenvalue weighted by atomic mass is 9.98. The van der Waals surface area contributed by atoms with E-state index in [-0.39, 0.29) is 19.3 Å². The van der Waals surface area contributed by atoms with Crippen molar-refractivity contribution in [3.05, 3.63) is 23.3 Å². The van der Waals surface area contributed by atoms with Gasteiger partial charge < -0.3 is 14.6 Å². The highest BCUT2D eigenvalue weighted by molar-refractivity contribution is 5.52. The first-order valence-electron chi connectivity index (χ1n) is 4.85. The minimum absolute atomic E-state index is 0.00550. The van der Waals surface area contributed by atoms with Crippen molar-refractivity contribution in [2.75, 3.05) is 13.4 Å². The van der Waals surface area contributed by atoms with E-state index in [0.717, 1.165) is 5.56 Å². The van der Waals surface area contributed by atoms with E-state index < -0.39 is 6.67 Å². The predicted molar refractivity (Wildman–Crippen MR) is 52.9 cm³/mol. The average molecular weight is 212 g/mol. The van der Waals surface area contributed by atoms with Crippen molar-refractivity contribution >= 4 is 0 Å². The zero-order chi connectivity index (χ0) is 10.8. The topological polar surface area (TPSA) is 38.7 Å². The monoisotopic (exact) mass is 212 g/mol. The van der Waals surface area contributed by atoms with Crippen LogP contribution in [0.5, 0.6) is 11.5 Å². The van der Waals surface area contributed by atoms with Crippen LogP contribution in [0, 0.1) is 0 Å². The number of hydrogen-bond donors (Lipinski definition) is 1. The molecular weight excluding hydrogens is 199 g/mol. The fraction of sp³-hybridized carbons (Fsp3) is 0.455. The first kappa shape index (κ1) is 10.2. The standard InChI is InChI=1S/C11H13FO3/c1-7(5-13)9-2-8(4-12)3-10-11(9)15-6-14-10/h2-3,7,13H,4-6H2,1H3. The smallest absolute Gasteiger partial charge is 0.231 e. The minimum atomic E-state index is -0.540. The summed E-state index contributed by atoms with van der Waals surface area (Å²) in [4.78, 5) is 0. The van der Waals surface area contributed by atoms with Crippen LogP contribution >= 0.6 is 0 Å². The third kappa shape index (κ3) is 1.77. The van der Waals surface area contributed by atoms with Crippen LogP contribution in [0.1, 0.15) is 24.0 Å². The predicted octanol–water partition coefficient (Wildman–Crippen LogP) is 1.98. The molecule has 0 saturated carbocycles. The number of alkyl halides is 1. The van der Waals surface area contributed by atoms with Crippen molar-refractivity contribution in [2.24, 2.45) is 0 Å². The van der Waals surface area contributed by atoms with Crippen LogP contribution in [0.3, 0.4) is 0 Å². The van der Waals surface area contributed by atoms with Crippen LogP contribution in [-0.4, -0.2) is 18.5 Å². The summed E-state index contributed by atoms with van der Waals surface area (Å²) in [7, 11) is 0. The van der Waals surface area contributed by atoms with Crippen LogP contribution in [0.25, 0.3) is 0 Å². The normalized spacial score (nSPS) is 15.4. The Morgan fingerprint density at radius 1 is 1.47 bits per heavy atom. The van der Waals surface area contributed by atoms with Crippen LogP contribution in [0.15, 0.2) is 12.1 Å². The SMILES string of the molecule is CC(CO)c1cc(CF)cc2c1OCO2. The molecule has 2 rings (SSSR count). The lowest BCUT2D eigenvalue weighted by Gasteiger charge is -2.12. The van der Waals surface area contributed by atoms with Gasteiger partial charge in [0.15, 0.2) is 11.5 Å². The fourth-order valence-corrected chi connectivity index (χ4v) is 1.64. The number of aliphatic hydroxyl groups is 1. The summed E-state index contributed by atoms with van der Waals surface area (Å²) < 4.78 is 23.1. The maximum Gasteiger partial charge on any atom is 0.231 e. The zero-order valence-electron chi connectivity index (χ0n) is 8.50. The van der Waals surface area contributed by atoms with Gasteiger partial charge in [0.25, 0.3) is 0 Å². The zero-order valence-corrected chi connectivity index (χ0v) is 8.50. The molecule has 82 valence electrons. The van der Waals surface area contributed by atoms with Gasteiger partial charge in [0.1, 0.15) is 6.67 Å². The van der Waals surface area contributed by atoms with Gasteiger partial charge in [-0.3, -0.25) is 0 Å². The molecule has 1 N–H and O–H groups in total. The van der Waals surface area contributed by atoms with Gasteiger partial charge in [0.2, 0.25) is 6.79 Å². The number of aliphatic hydroxyl groups excluding tert-OH is 1. The van der Waals surface area contributed by atoms with Crippen LogP contribution < -0.4 is 9.47 Å². The van der Waals surface area contributed by atoms with E-state index in [2.05, 4.69) is 0 Å². The Balaban J connectivity index is 2.47. The molecule has 1 aromatic rings. The highest BCUT2D eigenvalue weighted by Crippen LogP contribution is 2.40. The van der Waals surface area contributed by atoms with Crippen molar-refractivity contribution in [3.63, 3.8) is 0 Å². The lowest BCUT2D eigenvalue weighted by Crippen LogP contribution is -2.02. The second kappa shape index (κ2) is 4.06. The summed E-state index contributed by atoms with van der Waals surface area (Å²) in [5.74, 6) is 1.13. The summed E-state index contributed by atoms with van der Waals surface area (Å²) >= 11 is 0. The van der Waals surface area contributed by atoms with Crippen molar-refractivity contribution in [2.45, 2.75) is 19.5 Å². The molecule has 1 heterocycles. The highest BCUT2D eigenvalue weighted by Gasteiger charge is 2.22. The van der Waals surface area contributed by atoms with E-state index in [9.17, 15) is 4.39 Å². The number of rotatable bonds is 3. The van der Waals surface area contributed by atoms with Crippen LogP contribution in [-0.2, 0) is 6.67 Å². The molecule has 1 unspecified atom stereocenters. The van der Waals surface area contributed by atoms with Crippen LogP contribution in [0.4, 0.5) is 4.39 Å². The molecule has 3 nitrogen and oxygen atoms in total. The second-order valence-corrected chi connectivity index (χ2v) is 3.64. The van der Waals surface area contributed by atoms with Gasteiger partial charge in [0, 0.05) is 18.1 Å². The van der Waals surface area contributed by atoms with Gasteiger partial charge in [-0.1, -0.05) is 6.92 Å². The molecule has 1 atom stereocenters. The van der Waals surface area contributed by atoms with Gasteiger partial charge in [-0.15, -0.1) is 0 Å². The number of fused-ring (bicyclic) bond motifs is 1. The molecule has 15 heavy (non-hydrogen) atoms. The third-order valence-electron chi connectivity index (χ3n) is 2.52. The fourth-order valence-electron chi connectivity index (χ4n) is 1.64. The summed E-state index contributed by atoms with van der Waals surface area (Å²) in [6.07, 6.45) is 0. The molecule has 0 aromatic heterocycles. The molecule has 0 amide bonds. The third-order valence-corrected chi connectivity index (χ3v) is 2.52. The van der Waals surface area contributed by atoms with Crippen molar-refractivity contribution in [3.8, 4) is 11.5 Å². The van der Waals surface area contributed by atoms with E-state index in [0.29, 0.717) is 17.1 Å². The molecule has 0 bridgehead atoms. The molecule has 0 spiro atoms. The van der Waals surface area contributed by atoms with Crippen molar-refractivity contribution < 1.29 is 19.0 Å². The number of benzene rings is 1. The molecule has 1 aliphatic rings. The minimum Gasteiger partial charge on any atom is -0.454 e. The Hall–Kier alpha value is -1.29. The van der Waals surface area contributed by atoms with E-state index in [1.807, 2.05) is 6.92 Å². The molecule has 0 saturated heterocycles. The summed E-state index contributed by atoms with van der Waals surface area (Å²) in [6, 6.07) is 3.35. The van der Waals surface area contributed by atoms with Gasteiger partial charge in [-0.05, 0) is 17.7 Å². The molecule has 0 fully saturated rings. The largest absolute Gasteiger partial charge is 0.454 e. The van der Waals surface area contributed by atoms with Crippen molar-refractivity contribution in [1.82, 2.24) is 0 Å². The lowest BCUT2D eigenvalue weighted by molar-refractivity contribution is 0.172. The summed E-state index contributed by atoms with van der Waals surface area (Å²) in [6.45, 7) is 1.49. The highest BCUT2D eigenvalue weighted by atomic mass is 19.1. The first-order valence-corrected chi connectivity index (χ1v) is 4.85. The first-order chi connectivity index (χ1) is 7.26. The quantitative estimate of drug-likeness (QED) is 0.832. The number of halogens is 1. The summed E-state index contributed by atoms with van der Waals surface area (Å²) in [5.41, 5.74) is 1.36. The average Bonchev–Trinajstić information content (AvgIpc) is 2.74. The van der Waals surface area contributed by atoms with Gasteiger partial charge in [-0.25, -0.2) is 4.39 Å². The Kier molecular flexibility index (Phi) is 2.77. The second-order valence-electron chi connectivity index (χ2n) is 3.64. The molecule has 1 aromatic carbocycles. The number of hydrogen-bond acceptors (Lipinski definition) is 3. The molecule has 0 aliphatic carbocycles.